The largest absolute Gasteiger partial charge is 0.493 e. The number of amides is 2. The van der Waals surface area contributed by atoms with Gasteiger partial charge in [-0.2, -0.15) is 0 Å². The molecule has 0 bridgehead atoms. The van der Waals surface area contributed by atoms with Crippen LogP contribution in [0.25, 0.3) is 0 Å². The zero-order valence-corrected chi connectivity index (χ0v) is 17.6. The molecule has 1 atom stereocenters. The number of fused-ring (bicyclic) bond motifs is 1. The van der Waals surface area contributed by atoms with E-state index in [9.17, 15) is 9.59 Å². The van der Waals surface area contributed by atoms with Crippen molar-refractivity contribution < 1.29 is 23.8 Å². The van der Waals surface area contributed by atoms with E-state index in [4.69, 9.17) is 14.2 Å². The molecule has 0 radical (unpaired) electrons. The van der Waals surface area contributed by atoms with Gasteiger partial charge in [0.25, 0.3) is 11.8 Å². The summed E-state index contributed by atoms with van der Waals surface area (Å²) in [5.41, 5.74) is 1.52. The Kier molecular flexibility index (Phi) is 7.17. The molecule has 0 unspecified atom stereocenters. The first kappa shape index (κ1) is 21.5. The van der Waals surface area contributed by atoms with E-state index >= 15 is 0 Å². The van der Waals surface area contributed by atoms with E-state index in [1.165, 1.54) is 12.8 Å². The van der Waals surface area contributed by atoms with Crippen molar-refractivity contribution in [2.45, 2.75) is 45.6 Å². The summed E-state index contributed by atoms with van der Waals surface area (Å²) >= 11 is 0. The molecule has 7 nitrogen and oxygen atoms in total. The van der Waals surface area contributed by atoms with Gasteiger partial charge in [-0.25, -0.2) is 0 Å². The molecule has 2 amide bonds. The Morgan fingerprint density at radius 3 is 2.73 bits per heavy atom. The Labute approximate surface area is 176 Å². The van der Waals surface area contributed by atoms with Gasteiger partial charge in [-0.3, -0.25) is 9.59 Å². The number of unbranched alkanes of at least 4 members (excludes halogenated alkanes) is 3. The Morgan fingerprint density at radius 1 is 1.13 bits per heavy atom. The average Bonchev–Trinajstić information content (AvgIpc) is 2.74. The molecule has 0 fully saturated rings. The molecule has 30 heavy (non-hydrogen) atoms. The van der Waals surface area contributed by atoms with Crippen molar-refractivity contribution in [3.05, 3.63) is 42.0 Å². The predicted molar refractivity (Wildman–Crippen MR) is 116 cm³/mol. The van der Waals surface area contributed by atoms with E-state index in [2.05, 4.69) is 17.6 Å². The van der Waals surface area contributed by atoms with Gasteiger partial charge in [0.15, 0.2) is 17.6 Å². The minimum absolute atomic E-state index is 0.221. The molecule has 3 rings (SSSR count). The lowest BCUT2D eigenvalue weighted by atomic mass is 10.1. The maximum Gasteiger partial charge on any atom is 0.265 e. The lowest BCUT2D eigenvalue weighted by molar-refractivity contribution is -0.122. The number of carbonyl (C=O) groups is 2. The third-order valence-electron chi connectivity index (χ3n) is 4.85. The molecule has 1 aliphatic heterocycles. The summed E-state index contributed by atoms with van der Waals surface area (Å²) in [7, 11) is 1.55. The quantitative estimate of drug-likeness (QED) is 0.587. The van der Waals surface area contributed by atoms with Crippen LogP contribution in [-0.2, 0) is 4.79 Å². The first-order chi connectivity index (χ1) is 14.5. The molecule has 0 saturated carbocycles. The highest BCUT2D eigenvalue weighted by Crippen LogP contribution is 2.33. The molecular weight excluding hydrogens is 384 g/mol. The monoisotopic (exact) mass is 412 g/mol. The van der Waals surface area contributed by atoms with Crippen LogP contribution in [-0.4, -0.2) is 31.6 Å². The van der Waals surface area contributed by atoms with Gasteiger partial charge in [-0.1, -0.05) is 26.2 Å². The van der Waals surface area contributed by atoms with Crippen LogP contribution in [0, 0.1) is 0 Å². The highest BCUT2D eigenvalue weighted by molar-refractivity contribution is 6.05. The zero-order chi connectivity index (χ0) is 21.5. The molecule has 2 N–H and O–H groups in total. The van der Waals surface area contributed by atoms with Gasteiger partial charge in [-0.05, 0) is 49.7 Å². The van der Waals surface area contributed by atoms with Crippen molar-refractivity contribution >= 4 is 23.2 Å². The summed E-state index contributed by atoms with van der Waals surface area (Å²) in [4.78, 5) is 24.5. The number of anilines is 2. The van der Waals surface area contributed by atoms with Crippen LogP contribution in [0.1, 0.15) is 49.9 Å². The van der Waals surface area contributed by atoms with E-state index < -0.39 is 6.10 Å². The molecule has 1 aliphatic rings. The fourth-order valence-corrected chi connectivity index (χ4v) is 3.13. The van der Waals surface area contributed by atoms with Crippen LogP contribution in [0.4, 0.5) is 11.4 Å². The van der Waals surface area contributed by atoms with Crippen molar-refractivity contribution in [1.29, 1.82) is 0 Å². The number of hydrogen-bond acceptors (Lipinski definition) is 5. The highest BCUT2D eigenvalue weighted by Gasteiger charge is 2.23. The molecule has 0 aromatic heterocycles. The summed E-state index contributed by atoms with van der Waals surface area (Å²) in [5.74, 6) is 1.19. The smallest absolute Gasteiger partial charge is 0.265 e. The van der Waals surface area contributed by atoms with E-state index in [1.54, 1.807) is 50.4 Å². The second kappa shape index (κ2) is 10.0. The molecular formula is C23H28N2O5. The van der Waals surface area contributed by atoms with Crippen LogP contribution in [0.3, 0.4) is 0 Å². The van der Waals surface area contributed by atoms with Crippen LogP contribution in [0.15, 0.2) is 36.4 Å². The third-order valence-corrected chi connectivity index (χ3v) is 4.85. The standard InChI is InChI=1S/C23H28N2O5/c1-4-5-6-7-12-29-20-10-8-16(13-21(20)28-3)23(27)24-17-9-11-19-18(14-17)25-22(26)15(2)30-19/h8-11,13-15H,4-7,12H2,1-3H3,(H,24,27)(H,25,26)/t15-/m0/s1. The second-order valence-electron chi connectivity index (χ2n) is 7.19. The van der Waals surface area contributed by atoms with Crippen molar-refractivity contribution in [2.24, 2.45) is 0 Å². The SMILES string of the molecule is CCCCCCOc1ccc(C(=O)Nc2ccc3c(c2)NC(=O)[C@H](C)O3)cc1OC. The topological polar surface area (TPSA) is 85.9 Å². The number of carbonyl (C=O) groups excluding carboxylic acids is 2. The highest BCUT2D eigenvalue weighted by atomic mass is 16.5. The van der Waals surface area contributed by atoms with E-state index in [-0.39, 0.29) is 11.8 Å². The molecule has 2 aromatic rings. The Bertz CT molecular complexity index is 912. The van der Waals surface area contributed by atoms with Crippen LogP contribution >= 0.6 is 0 Å². The lowest BCUT2D eigenvalue weighted by Gasteiger charge is -2.23. The van der Waals surface area contributed by atoms with Crippen molar-refractivity contribution in [3.63, 3.8) is 0 Å². The number of methoxy groups -OCH3 is 1. The fraction of sp³-hybridized carbons (Fsp3) is 0.391. The van der Waals surface area contributed by atoms with Gasteiger partial charge < -0.3 is 24.8 Å². The third kappa shape index (κ3) is 5.23. The van der Waals surface area contributed by atoms with Crippen LogP contribution in [0.5, 0.6) is 17.2 Å². The van der Waals surface area contributed by atoms with Crippen molar-refractivity contribution in [1.82, 2.24) is 0 Å². The number of hydrogen-bond donors (Lipinski definition) is 2. The van der Waals surface area contributed by atoms with Crippen LogP contribution < -0.4 is 24.8 Å². The number of benzene rings is 2. The number of nitrogens with one attached hydrogen (secondary N) is 2. The molecule has 7 heteroatoms. The van der Waals surface area contributed by atoms with E-state index in [1.807, 2.05) is 0 Å². The van der Waals surface area contributed by atoms with Gasteiger partial charge >= 0.3 is 0 Å². The van der Waals surface area contributed by atoms with Crippen molar-refractivity contribution in [2.75, 3.05) is 24.4 Å². The average molecular weight is 412 g/mol. The minimum atomic E-state index is -0.544. The maximum atomic E-state index is 12.7. The zero-order valence-electron chi connectivity index (χ0n) is 17.6. The summed E-state index contributed by atoms with van der Waals surface area (Å²) in [6.07, 6.45) is 3.94. The lowest BCUT2D eigenvalue weighted by Crippen LogP contribution is -2.34. The Balaban J connectivity index is 1.65. The predicted octanol–water partition coefficient (Wildman–Crippen LogP) is 4.63. The normalized spacial score (nSPS) is 14.9. The fourth-order valence-electron chi connectivity index (χ4n) is 3.13. The first-order valence-corrected chi connectivity index (χ1v) is 10.3. The van der Waals surface area contributed by atoms with Gasteiger partial charge in [0.05, 0.1) is 19.4 Å². The number of rotatable bonds is 9. The molecule has 1 heterocycles. The summed E-state index contributed by atoms with van der Waals surface area (Å²) in [6, 6.07) is 10.2. The van der Waals surface area contributed by atoms with E-state index in [0.717, 1.165) is 12.8 Å². The summed E-state index contributed by atoms with van der Waals surface area (Å²) in [5, 5.41) is 5.60. The van der Waals surface area contributed by atoms with Gasteiger partial charge in [0.1, 0.15) is 5.75 Å². The van der Waals surface area contributed by atoms with Gasteiger partial charge in [0, 0.05) is 11.3 Å². The number of ether oxygens (including phenoxy) is 3. The Morgan fingerprint density at radius 2 is 1.97 bits per heavy atom. The van der Waals surface area contributed by atoms with E-state index in [0.29, 0.717) is 40.8 Å². The van der Waals surface area contributed by atoms with Gasteiger partial charge in [0.2, 0.25) is 0 Å². The molecule has 0 saturated heterocycles. The first-order valence-electron chi connectivity index (χ1n) is 10.3. The summed E-state index contributed by atoms with van der Waals surface area (Å²) in [6.45, 7) is 4.46. The van der Waals surface area contributed by atoms with Crippen LogP contribution in [0.2, 0.25) is 0 Å². The molecule has 2 aromatic carbocycles. The summed E-state index contributed by atoms with van der Waals surface area (Å²) < 4.78 is 16.7. The maximum absolute atomic E-state index is 12.7. The molecule has 0 aliphatic carbocycles. The molecule has 0 spiro atoms. The molecule has 160 valence electrons. The Hall–Kier alpha value is -3.22. The van der Waals surface area contributed by atoms with Crippen molar-refractivity contribution in [3.8, 4) is 17.2 Å². The van der Waals surface area contributed by atoms with Gasteiger partial charge in [-0.15, -0.1) is 0 Å². The second-order valence-corrected chi connectivity index (χ2v) is 7.19. The minimum Gasteiger partial charge on any atom is -0.493 e.